The van der Waals surface area contributed by atoms with Crippen LogP contribution in [0, 0.1) is 23.2 Å². The molecule has 2 aromatic rings. The van der Waals surface area contributed by atoms with Crippen molar-refractivity contribution in [3.05, 3.63) is 54.1 Å². The number of rotatable bonds is 6. The minimum Gasteiger partial charge on any atom is -0.497 e. The number of ether oxygens (including phenoxy) is 1. The van der Waals surface area contributed by atoms with E-state index in [1.807, 2.05) is 41.3 Å². The molecule has 2 amide bonds. The summed E-state index contributed by atoms with van der Waals surface area (Å²) in [7, 11) is 1.65. The Morgan fingerprint density at radius 1 is 0.861 bits per heavy atom. The number of carbonyl (C=O) groups is 2. The van der Waals surface area contributed by atoms with Crippen LogP contribution in [0.15, 0.2) is 48.5 Å². The zero-order valence-electron chi connectivity index (χ0n) is 21.2. The van der Waals surface area contributed by atoms with Crippen LogP contribution in [-0.2, 0) is 16.0 Å². The summed E-state index contributed by atoms with van der Waals surface area (Å²) in [5.74, 6) is 3.53. The SMILES string of the molecule is COc1ccc(CC(=O)N2CCN(c3ccc(NC(=O)C45CC6CC(CC(C6)C4)C5)cc3)CC2)cc1. The van der Waals surface area contributed by atoms with E-state index >= 15 is 0 Å². The Morgan fingerprint density at radius 3 is 2.00 bits per heavy atom. The molecule has 0 unspecified atom stereocenters. The quantitative estimate of drug-likeness (QED) is 0.639. The first-order valence-corrected chi connectivity index (χ1v) is 13.6. The van der Waals surface area contributed by atoms with E-state index in [9.17, 15) is 9.59 Å². The molecule has 4 bridgehead atoms. The first-order chi connectivity index (χ1) is 17.5. The van der Waals surface area contributed by atoms with Crippen LogP contribution in [0.2, 0.25) is 0 Å². The van der Waals surface area contributed by atoms with Gasteiger partial charge >= 0.3 is 0 Å². The van der Waals surface area contributed by atoms with Gasteiger partial charge in [0.1, 0.15) is 5.75 Å². The van der Waals surface area contributed by atoms with Gasteiger partial charge in [0.05, 0.1) is 18.9 Å². The van der Waals surface area contributed by atoms with Crippen LogP contribution < -0.4 is 15.0 Å². The lowest BCUT2D eigenvalue weighted by atomic mass is 9.49. The van der Waals surface area contributed by atoms with E-state index in [4.69, 9.17) is 4.74 Å². The number of hydrogen-bond acceptors (Lipinski definition) is 4. The fraction of sp³-hybridized carbons (Fsp3) is 0.533. The number of methoxy groups -OCH3 is 1. The molecular formula is C30H37N3O3. The van der Waals surface area contributed by atoms with Crippen molar-refractivity contribution in [2.45, 2.75) is 44.9 Å². The average molecular weight is 488 g/mol. The fourth-order valence-corrected chi connectivity index (χ4v) is 7.65. The number of anilines is 2. The third-order valence-corrected chi connectivity index (χ3v) is 9.16. The van der Waals surface area contributed by atoms with Gasteiger partial charge in [0.25, 0.3) is 0 Å². The summed E-state index contributed by atoms with van der Waals surface area (Å²) >= 11 is 0. The fourth-order valence-electron chi connectivity index (χ4n) is 7.65. The normalized spacial score (nSPS) is 28.8. The summed E-state index contributed by atoms with van der Waals surface area (Å²) in [6.45, 7) is 3.07. The zero-order chi connectivity index (χ0) is 24.7. The summed E-state index contributed by atoms with van der Waals surface area (Å²) in [4.78, 5) is 30.4. The topological polar surface area (TPSA) is 61.9 Å². The number of amides is 2. The van der Waals surface area contributed by atoms with Crippen LogP contribution in [0.5, 0.6) is 5.75 Å². The van der Waals surface area contributed by atoms with Gasteiger partial charge in [0.2, 0.25) is 11.8 Å². The predicted octanol–water partition coefficient (Wildman–Crippen LogP) is 4.74. The van der Waals surface area contributed by atoms with Gasteiger partial charge in [-0.25, -0.2) is 0 Å². The standard InChI is InChI=1S/C30H37N3O3/c1-36-27-8-2-21(3-9-27)17-28(34)33-12-10-32(11-13-33)26-6-4-25(5-7-26)31-29(35)30-18-22-14-23(19-30)16-24(15-22)20-30/h2-9,22-24H,10-20H2,1H3,(H,31,35). The monoisotopic (exact) mass is 487 g/mol. The highest BCUT2D eigenvalue weighted by molar-refractivity contribution is 5.95. The Kier molecular flexibility index (Phi) is 6.14. The van der Waals surface area contributed by atoms with Gasteiger partial charge in [0, 0.05) is 37.6 Å². The average Bonchev–Trinajstić information content (AvgIpc) is 2.89. The molecule has 0 atom stereocenters. The van der Waals surface area contributed by atoms with Crippen molar-refractivity contribution in [2.75, 3.05) is 43.5 Å². The molecule has 1 saturated heterocycles. The molecule has 6 nitrogen and oxygen atoms in total. The molecule has 190 valence electrons. The second-order valence-corrected chi connectivity index (χ2v) is 11.6. The summed E-state index contributed by atoms with van der Waals surface area (Å²) in [5.41, 5.74) is 2.93. The Balaban J connectivity index is 1.01. The molecule has 0 aromatic heterocycles. The molecule has 4 saturated carbocycles. The Hall–Kier alpha value is -3.02. The molecule has 1 aliphatic heterocycles. The molecule has 0 spiro atoms. The largest absolute Gasteiger partial charge is 0.497 e. The van der Waals surface area contributed by atoms with Gasteiger partial charge in [-0.2, -0.15) is 0 Å². The third-order valence-electron chi connectivity index (χ3n) is 9.16. The maximum Gasteiger partial charge on any atom is 0.230 e. The minimum absolute atomic E-state index is 0.123. The molecule has 7 rings (SSSR count). The number of benzene rings is 2. The van der Waals surface area contributed by atoms with Crippen molar-refractivity contribution < 1.29 is 14.3 Å². The van der Waals surface area contributed by atoms with Crippen LogP contribution >= 0.6 is 0 Å². The Labute approximate surface area is 214 Å². The van der Waals surface area contributed by atoms with Crippen molar-refractivity contribution in [2.24, 2.45) is 23.2 Å². The Morgan fingerprint density at radius 2 is 1.44 bits per heavy atom. The molecule has 6 heteroatoms. The van der Waals surface area contributed by atoms with Gasteiger partial charge in [-0.15, -0.1) is 0 Å². The molecule has 5 fully saturated rings. The third kappa shape index (κ3) is 4.58. The van der Waals surface area contributed by atoms with Crippen molar-refractivity contribution in [1.29, 1.82) is 0 Å². The van der Waals surface area contributed by atoms with Crippen LogP contribution in [-0.4, -0.2) is 50.0 Å². The molecule has 1 N–H and O–H groups in total. The first-order valence-electron chi connectivity index (χ1n) is 13.6. The first kappa shape index (κ1) is 23.4. The van der Waals surface area contributed by atoms with Crippen molar-refractivity contribution in [1.82, 2.24) is 4.90 Å². The second-order valence-electron chi connectivity index (χ2n) is 11.6. The lowest BCUT2D eigenvalue weighted by Gasteiger charge is -2.55. The summed E-state index contributed by atoms with van der Waals surface area (Å²) in [6, 6.07) is 16.0. The second kappa shape index (κ2) is 9.45. The number of nitrogens with one attached hydrogen (secondary N) is 1. The van der Waals surface area contributed by atoms with Gasteiger partial charge in [-0.1, -0.05) is 12.1 Å². The van der Waals surface area contributed by atoms with Gasteiger partial charge < -0.3 is 19.9 Å². The minimum atomic E-state index is -0.123. The van der Waals surface area contributed by atoms with Gasteiger partial charge in [-0.05, 0) is 98.2 Å². The molecular weight excluding hydrogens is 450 g/mol. The van der Waals surface area contributed by atoms with E-state index < -0.39 is 0 Å². The highest BCUT2D eigenvalue weighted by Crippen LogP contribution is 2.60. The maximum atomic E-state index is 13.4. The molecule has 2 aromatic carbocycles. The maximum absolute atomic E-state index is 13.4. The van der Waals surface area contributed by atoms with Crippen molar-refractivity contribution in [3.8, 4) is 5.75 Å². The molecule has 36 heavy (non-hydrogen) atoms. The molecule has 5 aliphatic rings. The van der Waals surface area contributed by atoms with E-state index in [1.54, 1.807) is 7.11 Å². The van der Waals surface area contributed by atoms with Crippen molar-refractivity contribution in [3.63, 3.8) is 0 Å². The Bertz CT molecular complexity index is 1070. The summed E-state index contributed by atoms with van der Waals surface area (Å²) in [5, 5.41) is 3.26. The molecule has 0 radical (unpaired) electrons. The summed E-state index contributed by atoms with van der Waals surface area (Å²) < 4.78 is 5.20. The van der Waals surface area contributed by atoms with Gasteiger partial charge in [-0.3, -0.25) is 9.59 Å². The number of hydrogen-bond donors (Lipinski definition) is 1. The zero-order valence-corrected chi connectivity index (χ0v) is 21.2. The van der Waals surface area contributed by atoms with Crippen molar-refractivity contribution >= 4 is 23.2 Å². The number of carbonyl (C=O) groups excluding carboxylic acids is 2. The predicted molar refractivity (Wildman–Crippen MR) is 141 cm³/mol. The van der Waals surface area contributed by atoms with E-state index in [0.29, 0.717) is 6.42 Å². The number of nitrogens with zero attached hydrogens (tertiary/aromatic N) is 2. The summed E-state index contributed by atoms with van der Waals surface area (Å²) in [6.07, 6.45) is 7.73. The smallest absolute Gasteiger partial charge is 0.230 e. The van der Waals surface area contributed by atoms with Crippen LogP contribution in [0.1, 0.15) is 44.1 Å². The van der Waals surface area contributed by atoms with E-state index in [1.165, 1.54) is 19.3 Å². The van der Waals surface area contributed by atoms with Crippen LogP contribution in [0.3, 0.4) is 0 Å². The highest BCUT2D eigenvalue weighted by Gasteiger charge is 2.54. The lowest BCUT2D eigenvalue weighted by Crippen LogP contribution is -2.51. The van der Waals surface area contributed by atoms with Gasteiger partial charge in [0.15, 0.2) is 0 Å². The molecule has 4 aliphatic carbocycles. The van der Waals surface area contributed by atoms with Crippen LogP contribution in [0.25, 0.3) is 0 Å². The highest BCUT2D eigenvalue weighted by atomic mass is 16.5. The van der Waals surface area contributed by atoms with E-state index in [2.05, 4.69) is 22.3 Å². The van der Waals surface area contributed by atoms with Crippen LogP contribution in [0.4, 0.5) is 11.4 Å². The van der Waals surface area contributed by atoms with E-state index in [0.717, 1.165) is 85.9 Å². The lowest BCUT2D eigenvalue weighted by molar-refractivity contribution is -0.140. The van der Waals surface area contributed by atoms with E-state index in [-0.39, 0.29) is 17.2 Å². The number of piperazine rings is 1. The molecule has 1 heterocycles.